The van der Waals surface area contributed by atoms with Crippen molar-refractivity contribution in [3.8, 4) is 0 Å². The normalized spacial score (nSPS) is 16.5. The fourth-order valence-corrected chi connectivity index (χ4v) is 3.69. The molecule has 0 unspecified atom stereocenters. The lowest BCUT2D eigenvalue weighted by atomic mass is 9.97. The Bertz CT molecular complexity index is 613. The fraction of sp³-hybridized carbons (Fsp3) is 0.684. The topological polar surface area (TPSA) is 66.0 Å². The average Bonchev–Trinajstić information content (AvgIpc) is 2.99. The summed E-state index contributed by atoms with van der Waals surface area (Å²) in [4.78, 5) is 20.8. The maximum absolute atomic E-state index is 12.1. The Labute approximate surface area is 161 Å². The van der Waals surface area contributed by atoms with Crippen LogP contribution in [0.5, 0.6) is 0 Å². The predicted molar refractivity (Wildman–Crippen MR) is 108 cm³/mol. The molecule has 7 heteroatoms. The van der Waals surface area contributed by atoms with E-state index in [0.29, 0.717) is 5.92 Å². The number of nitrogens with zero attached hydrogens (tertiary/aromatic N) is 2. The quantitative estimate of drug-likeness (QED) is 0.621. The number of amides is 1. The van der Waals surface area contributed by atoms with Crippen molar-refractivity contribution >= 4 is 23.4 Å². The molecule has 0 saturated carbocycles. The molecule has 0 aromatic carbocycles. The summed E-state index contributed by atoms with van der Waals surface area (Å²) in [6.07, 6.45) is 1.76. The van der Waals surface area contributed by atoms with Crippen molar-refractivity contribution in [1.29, 1.82) is 0 Å². The minimum Gasteiger partial charge on any atom is -0.444 e. The number of ether oxygens (including phenoxy) is 1. The van der Waals surface area contributed by atoms with Crippen LogP contribution in [-0.2, 0) is 11.3 Å². The number of hydrogen-bond acceptors (Lipinski definition) is 4. The number of piperidine rings is 1. The smallest absolute Gasteiger partial charge is 0.410 e. The summed E-state index contributed by atoms with van der Waals surface area (Å²) in [7, 11) is 1.79. The number of guanidine groups is 1. The highest BCUT2D eigenvalue weighted by atomic mass is 32.1. The highest BCUT2D eigenvalue weighted by Gasteiger charge is 2.26. The molecule has 0 spiro atoms. The number of carbonyl (C=O) groups is 1. The molecule has 26 heavy (non-hydrogen) atoms. The van der Waals surface area contributed by atoms with Crippen LogP contribution in [0, 0.1) is 12.8 Å². The van der Waals surface area contributed by atoms with E-state index in [4.69, 9.17) is 4.74 Å². The van der Waals surface area contributed by atoms with E-state index in [2.05, 4.69) is 34.7 Å². The first-order valence-electron chi connectivity index (χ1n) is 9.24. The lowest BCUT2D eigenvalue weighted by Crippen LogP contribution is -2.45. The van der Waals surface area contributed by atoms with Gasteiger partial charge in [-0.1, -0.05) is 0 Å². The molecule has 1 aliphatic heterocycles. The summed E-state index contributed by atoms with van der Waals surface area (Å²) in [6.45, 7) is 11.0. The average molecular weight is 381 g/mol. The summed E-state index contributed by atoms with van der Waals surface area (Å²) >= 11 is 1.80. The third kappa shape index (κ3) is 6.86. The summed E-state index contributed by atoms with van der Waals surface area (Å²) in [5.74, 6) is 1.36. The van der Waals surface area contributed by atoms with Crippen LogP contribution >= 0.6 is 11.3 Å². The van der Waals surface area contributed by atoms with Crippen LogP contribution in [0.1, 0.15) is 43.4 Å². The molecule has 1 aliphatic rings. The van der Waals surface area contributed by atoms with Gasteiger partial charge in [0, 0.05) is 36.4 Å². The van der Waals surface area contributed by atoms with Gasteiger partial charge < -0.3 is 20.3 Å². The number of hydrogen-bond donors (Lipinski definition) is 2. The molecular weight excluding hydrogens is 348 g/mol. The van der Waals surface area contributed by atoms with Gasteiger partial charge in [-0.05, 0) is 58.6 Å². The minimum atomic E-state index is -0.436. The van der Waals surface area contributed by atoms with Crippen LogP contribution in [0.3, 0.4) is 0 Å². The van der Waals surface area contributed by atoms with E-state index in [-0.39, 0.29) is 6.09 Å². The highest BCUT2D eigenvalue weighted by Crippen LogP contribution is 2.19. The SMILES string of the molecule is CN=C(NCc1ccc(C)s1)NCC1CCN(C(=O)OC(C)(C)C)CC1. The first-order valence-corrected chi connectivity index (χ1v) is 10.1. The molecule has 2 N–H and O–H groups in total. The van der Waals surface area contributed by atoms with Crippen LogP contribution in [0.2, 0.25) is 0 Å². The van der Waals surface area contributed by atoms with Crippen molar-refractivity contribution in [2.75, 3.05) is 26.7 Å². The molecule has 2 rings (SSSR count). The predicted octanol–water partition coefficient (Wildman–Crippen LogP) is 3.37. The van der Waals surface area contributed by atoms with Crippen molar-refractivity contribution in [3.63, 3.8) is 0 Å². The van der Waals surface area contributed by atoms with E-state index in [0.717, 1.165) is 45.0 Å². The molecule has 0 bridgehead atoms. The maximum Gasteiger partial charge on any atom is 0.410 e. The molecule has 1 saturated heterocycles. The molecule has 1 aromatic rings. The van der Waals surface area contributed by atoms with Gasteiger partial charge in [0.05, 0.1) is 6.54 Å². The van der Waals surface area contributed by atoms with Crippen molar-refractivity contribution in [3.05, 3.63) is 21.9 Å². The number of aryl methyl sites for hydroxylation is 1. The zero-order valence-corrected chi connectivity index (χ0v) is 17.4. The molecule has 0 radical (unpaired) electrons. The second-order valence-corrected chi connectivity index (χ2v) is 9.10. The zero-order valence-electron chi connectivity index (χ0n) is 16.6. The monoisotopic (exact) mass is 380 g/mol. The van der Waals surface area contributed by atoms with Gasteiger partial charge in [0.1, 0.15) is 5.60 Å². The lowest BCUT2D eigenvalue weighted by Gasteiger charge is -2.33. The second-order valence-electron chi connectivity index (χ2n) is 7.73. The maximum atomic E-state index is 12.1. The van der Waals surface area contributed by atoms with Gasteiger partial charge in [-0.25, -0.2) is 4.79 Å². The Morgan fingerprint density at radius 3 is 2.54 bits per heavy atom. The van der Waals surface area contributed by atoms with Crippen molar-refractivity contribution in [1.82, 2.24) is 15.5 Å². The number of likely N-dealkylation sites (tertiary alicyclic amines) is 1. The van der Waals surface area contributed by atoms with Crippen LogP contribution in [0.4, 0.5) is 4.79 Å². The Morgan fingerprint density at radius 2 is 2.00 bits per heavy atom. The van der Waals surface area contributed by atoms with Crippen LogP contribution in [0.15, 0.2) is 17.1 Å². The standard InChI is InChI=1S/C19H32N4O2S/c1-14-6-7-16(26-14)13-22-17(20-5)21-12-15-8-10-23(11-9-15)18(24)25-19(2,3)4/h6-7,15H,8-13H2,1-5H3,(H2,20,21,22). The van der Waals surface area contributed by atoms with Crippen LogP contribution in [-0.4, -0.2) is 49.2 Å². The number of nitrogens with one attached hydrogen (secondary N) is 2. The first kappa shape index (κ1) is 20.6. The molecular formula is C19H32N4O2S. The lowest BCUT2D eigenvalue weighted by molar-refractivity contribution is 0.0185. The van der Waals surface area contributed by atoms with Crippen molar-refractivity contribution in [2.24, 2.45) is 10.9 Å². The molecule has 146 valence electrons. The summed E-state index contributed by atoms with van der Waals surface area (Å²) in [5.41, 5.74) is -0.436. The van der Waals surface area contributed by atoms with Gasteiger partial charge in [-0.3, -0.25) is 4.99 Å². The number of thiophene rings is 1. The molecule has 2 heterocycles. The molecule has 1 fully saturated rings. The Hall–Kier alpha value is -1.76. The van der Waals surface area contributed by atoms with Gasteiger partial charge in [0.25, 0.3) is 0 Å². The molecule has 1 aromatic heterocycles. The first-order chi connectivity index (χ1) is 12.3. The second kappa shape index (κ2) is 9.26. The van der Waals surface area contributed by atoms with Crippen molar-refractivity contribution in [2.45, 2.75) is 52.7 Å². The molecule has 6 nitrogen and oxygen atoms in total. The van der Waals surface area contributed by atoms with E-state index in [1.54, 1.807) is 18.4 Å². The molecule has 0 atom stereocenters. The van der Waals surface area contributed by atoms with Gasteiger partial charge >= 0.3 is 6.09 Å². The van der Waals surface area contributed by atoms with Crippen LogP contribution < -0.4 is 10.6 Å². The summed E-state index contributed by atoms with van der Waals surface area (Å²) < 4.78 is 5.45. The third-order valence-corrected chi connectivity index (χ3v) is 5.27. The van der Waals surface area contributed by atoms with E-state index < -0.39 is 5.60 Å². The Balaban J connectivity index is 1.69. The summed E-state index contributed by atoms with van der Waals surface area (Å²) in [5, 5.41) is 6.76. The fourth-order valence-electron chi connectivity index (χ4n) is 2.86. The van der Waals surface area contributed by atoms with E-state index >= 15 is 0 Å². The van der Waals surface area contributed by atoms with Crippen molar-refractivity contribution < 1.29 is 9.53 Å². The minimum absolute atomic E-state index is 0.201. The zero-order chi connectivity index (χ0) is 19.2. The third-order valence-electron chi connectivity index (χ3n) is 4.27. The van der Waals surface area contributed by atoms with E-state index in [1.165, 1.54) is 9.75 Å². The molecule has 1 amide bonds. The van der Waals surface area contributed by atoms with Gasteiger partial charge in [-0.15, -0.1) is 11.3 Å². The van der Waals surface area contributed by atoms with E-state index in [1.807, 2.05) is 25.7 Å². The number of aliphatic imine (C=N–C) groups is 1. The van der Waals surface area contributed by atoms with E-state index in [9.17, 15) is 4.79 Å². The molecule has 0 aliphatic carbocycles. The van der Waals surface area contributed by atoms with Gasteiger partial charge in [0.2, 0.25) is 0 Å². The Morgan fingerprint density at radius 1 is 1.31 bits per heavy atom. The Kier molecular flexibility index (Phi) is 7.32. The van der Waals surface area contributed by atoms with Crippen LogP contribution in [0.25, 0.3) is 0 Å². The number of carbonyl (C=O) groups excluding carboxylic acids is 1. The highest BCUT2D eigenvalue weighted by molar-refractivity contribution is 7.11. The number of rotatable bonds is 4. The van der Waals surface area contributed by atoms with Gasteiger partial charge in [-0.2, -0.15) is 0 Å². The summed E-state index contributed by atoms with van der Waals surface area (Å²) in [6, 6.07) is 4.28. The largest absolute Gasteiger partial charge is 0.444 e. The van der Waals surface area contributed by atoms with Gasteiger partial charge in [0.15, 0.2) is 5.96 Å².